The number of aryl methyl sites for hydroxylation is 1. The minimum Gasteiger partial charge on any atom is -0.477 e. The molecule has 16 heavy (non-hydrogen) atoms. The average molecular weight is 226 g/mol. The van der Waals surface area contributed by atoms with Crippen molar-refractivity contribution in [2.75, 3.05) is 7.11 Å². The summed E-state index contributed by atoms with van der Waals surface area (Å²) in [6.07, 6.45) is 2.12. The fourth-order valence-corrected chi connectivity index (χ4v) is 1.40. The molecule has 5 heteroatoms. The van der Waals surface area contributed by atoms with Gasteiger partial charge in [-0.3, -0.25) is 0 Å². The summed E-state index contributed by atoms with van der Waals surface area (Å²) in [6.45, 7) is 6.33. The number of imidazole rings is 1. The Morgan fingerprint density at radius 2 is 2.25 bits per heavy atom. The second kappa shape index (κ2) is 4.65. The van der Waals surface area contributed by atoms with Crippen LogP contribution in [-0.4, -0.2) is 33.3 Å². The van der Waals surface area contributed by atoms with Gasteiger partial charge in [-0.15, -0.1) is 0 Å². The van der Waals surface area contributed by atoms with E-state index in [4.69, 9.17) is 9.84 Å². The summed E-state index contributed by atoms with van der Waals surface area (Å²) in [4.78, 5) is 14.9. The quantitative estimate of drug-likeness (QED) is 0.830. The number of aromatic carboxylic acids is 1. The summed E-state index contributed by atoms with van der Waals surface area (Å²) in [7, 11) is 1.65. The van der Waals surface area contributed by atoms with Gasteiger partial charge in [-0.25, -0.2) is 9.78 Å². The molecule has 1 N–H and O–H groups in total. The zero-order chi connectivity index (χ0) is 12.3. The average Bonchev–Trinajstić information content (AvgIpc) is 2.57. The van der Waals surface area contributed by atoms with Gasteiger partial charge < -0.3 is 14.4 Å². The lowest BCUT2D eigenvalue weighted by Crippen LogP contribution is -2.25. The summed E-state index contributed by atoms with van der Waals surface area (Å²) >= 11 is 0. The van der Waals surface area contributed by atoms with Crippen molar-refractivity contribution >= 4 is 5.97 Å². The third kappa shape index (κ3) is 2.82. The van der Waals surface area contributed by atoms with Crippen molar-refractivity contribution in [1.29, 1.82) is 0 Å². The number of rotatable bonds is 5. The first-order valence-electron chi connectivity index (χ1n) is 5.18. The first-order valence-corrected chi connectivity index (χ1v) is 5.18. The van der Waals surface area contributed by atoms with E-state index >= 15 is 0 Å². The molecule has 1 heterocycles. The van der Waals surface area contributed by atoms with Crippen LogP contribution < -0.4 is 0 Å². The molecule has 0 aliphatic carbocycles. The van der Waals surface area contributed by atoms with Gasteiger partial charge in [-0.2, -0.15) is 0 Å². The van der Waals surface area contributed by atoms with Gasteiger partial charge in [0.05, 0.1) is 11.8 Å². The van der Waals surface area contributed by atoms with Gasteiger partial charge in [-0.05, 0) is 27.2 Å². The van der Waals surface area contributed by atoms with Gasteiger partial charge in [0.2, 0.25) is 0 Å². The number of ether oxygens (including phenoxy) is 1. The molecular weight excluding hydrogens is 208 g/mol. The normalized spacial score (nSPS) is 11.8. The Bertz CT molecular complexity index is 383. The molecule has 0 aliphatic rings. The van der Waals surface area contributed by atoms with E-state index in [1.54, 1.807) is 18.6 Å². The Labute approximate surface area is 95.1 Å². The van der Waals surface area contributed by atoms with Crippen molar-refractivity contribution < 1.29 is 14.6 Å². The fourth-order valence-electron chi connectivity index (χ4n) is 1.40. The molecule has 1 aromatic rings. The van der Waals surface area contributed by atoms with Gasteiger partial charge in [0.15, 0.2) is 0 Å². The third-order valence-electron chi connectivity index (χ3n) is 2.76. The maximum Gasteiger partial charge on any atom is 0.354 e. The summed E-state index contributed by atoms with van der Waals surface area (Å²) in [5.41, 5.74) is -0.0312. The lowest BCUT2D eigenvalue weighted by Gasteiger charge is -2.23. The van der Waals surface area contributed by atoms with Gasteiger partial charge in [-0.1, -0.05) is 0 Å². The topological polar surface area (TPSA) is 64.3 Å². The van der Waals surface area contributed by atoms with Crippen molar-refractivity contribution in [3.63, 3.8) is 0 Å². The van der Waals surface area contributed by atoms with Crippen molar-refractivity contribution in [3.05, 3.63) is 17.7 Å². The number of methoxy groups -OCH3 is 1. The number of carboxylic acid groups (broad SMARTS) is 1. The minimum absolute atomic E-state index is 0.226. The summed E-state index contributed by atoms with van der Waals surface area (Å²) < 4.78 is 6.99. The van der Waals surface area contributed by atoms with Crippen LogP contribution in [0.4, 0.5) is 0 Å². The lowest BCUT2D eigenvalue weighted by molar-refractivity contribution is 0.0116. The maximum atomic E-state index is 10.9. The molecule has 0 atom stereocenters. The highest BCUT2D eigenvalue weighted by Crippen LogP contribution is 2.16. The molecule has 0 saturated carbocycles. The molecule has 1 rings (SSSR count). The van der Waals surface area contributed by atoms with Crippen molar-refractivity contribution in [2.45, 2.75) is 39.3 Å². The molecule has 5 nitrogen and oxygen atoms in total. The van der Waals surface area contributed by atoms with Gasteiger partial charge in [0.25, 0.3) is 0 Å². The van der Waals surface area contributed by atoms with Crippen LogP contribution in [-0.2, 0) is 11.3 Å². The van der Waals surface area contributed by atoms with Crippen molar-refractivity contribution in [1.82, 2.24) is 9.55 Å². The number of carboxylic acids is 1. The summed E-state index contributed by atoms with van der Waals surface area (Å²) in [6, 6.07) is 0. The number of carbonyl (C=O) groups is 1. The van der Waals surface area contributed by atoms with E-state index in [0.717, 1.165) is 6.42 Å². The first-order chi connectivity index (χ1) is 7.37. The van der Waals surface area contributed by atoms with Crippen LogP contribution in [0, 0.1) is 6.92 Å². The van der Waals surface area contributed by atoms with Crippen LogP contribution in [0.15, 0.2) is 6.20 Å². The predicted octanol–water partition coefficient (Wildman–Crippen LogP) is 1.70. The fraction of sp³-hybridized carbons (Fsp3) is 0.636. The highest BCUT2D eigenvalue weighted by atomic mass is 16.5. The molecule has 0 unspecified atom stereocenters. The van der Waals surface area contributed by atoms with Crippen molar-refractivity contribution in [3.8, 4) is 0 Å². The van der Waals surface area contributed by atoms with E-state index in [-0.39, 0.29) is 11.3 Å². The van der Waals surface area contributed by atoms with Crippen LogP contribution in [0.5, 0.6) is 0 Å². The summed E-state index contributed by atoms with van der Waals surface area (Å²) in [5, 5.41) is 8.97. The van der Waals surface area contributed by atoms with E-state index in [9.17, 15) is 4.79 Å². The molecule has 0 spiro atoms. The number of hydrogen-bond acceptors (Lipinski definition) is 3. The third-order valence-corrected chi connectivity index (χ3v) is 2.76. The first kappa shape index (κ1) is 12.7. The van der Waals surface area contributed by atoms with Crippen molar-refractivity contribution in [2.24, 2.45) is 0 Å². The number of nitrogens with zero attached hydrogens (tertiary/aromatic N) is 2. The van der Waals surface area contributed by atoms with Crippen LogP contribution in [0.2, 0.25) is 0 Å². The van der Waals surface area contributed by atoms with E-state index in [1.807, 2.05) is 13.8 Å². The molecule has 0 amide bonds. The highest BCUT2D eigenvalue weighted by Gasteiger charge is 2.19. The molecule has 0 aromatic carbocycles. The maximum absolute atomic E-state index is 10.9. The lowest BCUT2D eigenvalue weighted by atomic mass is 10.1. The molecule has 1 aromatic heterocycles. The second-order valence-corrected chi connectivity index (χ2v) is 4.36. The van der Waals surface area contributed by atoms with E-state index < -0.39 is 5.97 Å². The largest absolute Gasteiger partial charge is 0.477 e. The smallest absolute Gasteiger partial charge is 0.354 e. The molecule has 90 valence electrons. The Balaban J connectivity index is 2.81. The van der Waals surface area contributed by atoms with Crippen LogP contribution in [0.25, 0.3) is 0 Å². The van der Waals surface area contributed by atoms with Crippen LogP contribution in [0.1, 0.15) is 36.6 Å². The van der Waals surface area contributed by atoms with Gasteiger partial charge in [0, 0.05) is 13.7 Å². The van der Waals surface area contributed by atoms with E-state index in [2.05, 4.69) is 4.98 Å². The van der Waals surface area contributed by atoms with E-state index in [1.165, 1.54) is 6.20 Å². The standard InChI is InChI=1S/C11H18N2O3/c1-8-12-7-9(10(14)15)13(8)6-5-11(2,3)16-4/h7H,5-6H2,1-4H3,(H,14,15). The Hall–Kier alpha value is -1.36. The molecule has 0 aliphatic heterocycles. The number of hydrogen-bond donors (Lipinski definition) is 1. The minimum atomic E-state index is -0.948. The zero-order valence-electron chi connectivity index (χ0n) is 10.1. The SMILES string of the molecule is COC(C)(C)CCn1c(C(=O)O)cnc1C. The Kier molecular flexibility index (Phi) is 3.70. The summed E-state index contributed by atoms with van der Waals surface area (Å²) in [5.74, 6) is -0.236. The predicted molar refractivity (Wildman–Crippen MR) is 59.6 cm³/mol. The molecular formula is C11H18N2O3. The molecule has 0 radical (unpaired) electrons. The molecule has 0 fully saturated rings. The Morgan fingerprint density at radius 3 is 2.75 bits per heavy atom. The highest BCUT2D eigenvalue weighted by molar-refractivity contribution is 5.85. The second-order valence-electron chi connectivity index (χ2n) is 4.36. The molecule has 0 bridgehead atoms. The van der Waals surface area contributed by atoms with Crippen LogP contribution in [0.3, 0.4) is 0 Å². The van der Waals surface area contributed by atoms with Gasteiger partial charge in [0.1, 0.15) is 11.5 Å². The Morgan fingerprint density at radius 1 is 1.62 bits per heavy atom. The molecule has 0 saturated heterocycles. The van der Waals surface area contributed by atoms with Gasteiger partial charge >= 0.3 is 5.97 Å². The zero-order valence-corrected chi connectivity index (χ0v) is 10.1. The van der Waals surface area contributed by atoms with E-state index in [0.29, 0.717) is 12.4 Å². The number of aromatic nitrogens is 2. The van der Waals surface area contributed by atoms with Crippen LogP contribution >= 0.6 is 0 Å². The monoisotopic (exact) mass is 226 g/mol.